The predicted octanol–water partition coefficient (Wildman–Crippen LogP) is 8.15. The Bertz CT molecular complexity index is 1650. The minimum Gasteiger partial charge on any atom is -0.376 e. The van der Waals surface area contributed by atoms with Crippen LogP contribution in [0.2, 0.25) is 10.2 Å². The van der Waals surface area contributed by atoms with Crippen molar-refractivity contribution in [2.75, 3.05) is 42.3 Å². The molecule has 220 valence electrons. The van der Waals surface area contributed by atoms with E-state index in [4.69, 9.17) is 27.9 Å². The third-order valence-electron chi connectivity index (χ3n) is 8.17. The lowest BCUT2D eigenvalue weighted by Crippen LogP contribution is -2.42. The van der Waals surface area contributed by atoms with Crippen LogP contribution in [0.1, 0.15) is 50.8 Å². The molecular formula is C31H34Cl2N6O2S. The average molecular weight is 626 g/mol. The molecule has 2 amide bonds. The number of fused-ring (bicyclic) bond motifs is 3. The summed E-state index contributed by atoms with van der Waals surface area (Å²) >= 11 is 14.4. The number of thiazole rings is 1. The van der Waals surface area contributed by atoms with Crippen molar-refractivity contribution in [3.8, 4) is 0 Å². The van der Waals surface area contributed by atoms with Crippen LogP contribution in [0.3, 0.4) is 0 Å². The number of urea groups is 1. The molecule has 1 fully saturated rings. The van der Waals surface area contributed by atoms with Crippen molar-refractivity contribution in [3.05, 3.63) is 69.8 Å². The first kappa shape index (κ1) is 29.1. The van der Waals surface area contributed by atoms with Crippen LogP contribution in [-0.2, 0) is 10.2 Å². The summed E-state index contributed by atoms with van der Waals surface area (Å²) in [5.74, 6) is 0. The van der Waals surface area contributed by atoms with Crippen molar-refractivity contribution >= 4 is 73.1 Å². The molecule has 1 spiro atoms. The highest BCUT2D eigenvalue weighted by atomic mass is 35.5. The maximum absolute atomic E-state index is 13.3. The number of amides is 2. The van der Waals surface area contributed by atoms with E-state index in [1.807, 2.05) is 30.3 Å². The summed E-state index contributed by atoms with van der Waals surface area (Å²) in [7, 11) is 1.77. The zero-order valence-corrected chi connectivity index (χ0v) is 26.4. The number of methoxy groups -OCH3 is 1. The van der Waals surface area contributed by atoms with Gasteiger partial charge in [0.2, 0.25) is 0 Å². The second kappa shape index (κ2) is 11.3. The third kappa shape index (κ3) is 5.33. The number of ether oxygens (including phenoxy) is 1. The number of nitrogens with zero attached hydrogens (tertiary/aromatic N) is 3. The number of pyridine rings is 1. The summed E-state index contributed by atoms with van der Waals surface area (Å²) in [6.45, 7) is 9.16. The zero-order valence-electron chi connectivity index (χ0n) is 24.1. The molecule has 1 unspecified atom stereocenters. The molecule has 2 aliphatic rings. The van der Waals surface area contributed by atoms with Crippen molar-refractivity contribution in [2.45, 2.75) is 45.1 Å². The molecule has 2 aromatic heterocycles. The first-order valence-corrected chi connectivity index (χ1v) is 15.6. The number of hydrogen-bond donors (Lipinski definition) is 3. The van der Waals surface area contributed by atoms with Crippen molar-refractivity contribution in [1.29, 1.82) is 0 Å². The molecule has 6 rings (SSSR count). The second-order valence-corrected chi connectivity index (χ2v) is 13.8. The second-order valence-electron chi connectivity index (χ2n) is 12.0. The van der Waals surface area contributed by atoms with Gasteiger partial charge in [0, 0.05) is 35.2 Å². The Balaban J connectivity index is 1.39. The van der Waals surface area contributed by atoms with E-state index in [0.717, 1.165) is 54.4 Å². The van der Waals surface area contributed by atoms with E-state index in [2.05, 4.69) is 57.7 Å². The number of aromatic nitrogens is 2. The Morgan fingerprint density at radius 1 is 1.07 bits per heavy atom. The number of anilines is 4. The lowest BCUT2D eigenvalue weighted by atomic mass is 9.73. The number of carbonyl (C=O) groups is 1. The van der Waals surface area contributed by atoms with Crippen LogP contribution in [-0.4, -0.2) is 42.7 Å². The SMILES string of the molecule is COC(c1ccc(Cl)c2c1N(c1ccccc1NC(=O)Nc1nc3ccc(Cl)nc3s1)CC21CCNCC1)C(C)(C)C. The normalized spacial score (nSPS) is 17.0. The number of para-hydroxylation sites is 2. The molecule has 0 radical (unpaired) electrons. The van der Waals surface area contributed by atoms with Crippen LogP contribution in [0.25, 0.3) is 10.3 Å². The van der Waals surface area contributed by atoms with Crippen molar-refractivity contribution in [3.63, 3.8) is 0 Å². The van der Waals surface area contributed by atoms with Crippen LogP contribution in [0.5, 0.6) is 0 Å². The molecule has 2 aromatic carbocycles. The van der Waals surface area contributed by atoms with Crippen LogP contribution in [0.15, 0.2) is 48.5 Å². The minimum atomic E-state index is -0.389. The zero-order chi connectivity index (χ0) is 29.6. The summed E-state index contributed by atoms with van der Waals surface area (Å²) in [5, 5.41) is 11.1. The summed E-state index contributed by atoms with van der Waals surface area (Å²) in [6, 6.07) is 15.1. The maximum atomic E-state index is 13.3. The lowest BCUT2D eigenvalue weighted by molar-refractivity contribution is 0.0156. The molecule has 42 heavy (non-hydrogen) atoms. The highest BCUT2D eigenvalue weighted by Gasteiger charge is 2.48. The molecule has 3 N–H and O–H groups in total. The number of halogens is 2. The van der Waals surface area contributed by atoms with Crippen molar-refractivity contribution in [2.24, 2.45) is 5.41 Å². The van der Waals surface area contributed by atoms with Gasteiger partial charge < -0.3 is 20.3 Å². The monoisotopic (exact) mass is 624 g/mol. The average Bonchev–Trinajstić information content (AvgIpc) is 3.48. The van der Waals surface area contributed by atoms with Gasteiger partial charge in [-0.1, -0.05) is 73.5 Å². The molecule has 0 saturated carbocycles. The van der Waals surface area contributed by atoms with Crippen LogP contribution < -0.4 is 20.9 Å². The Labute approximate surface area is 259 Å². The molecule has 8 nitrogen and oxygen atoms in total. The van der Waals surface area contributed by atoms with Crippen molar-refractivity contribution in [1.82, 2.24) is 15.3 Å². The van der Waals surface area contributed by atoms with Gasteiger partial charge in [-0.05, 0) is 61.7 Å². The van der Waals surface area contributed by atoms with Gasteiger partial charge in [0.05, 0.1) is 23.2 Å². The molecule has 0 aliphatic carbocycles. The summed E-state index contributed by atoms with van der Waals surface area (Å²) in [6.07, 6.45) is 1.78. The van der Waals surface area contributed by atoms with Gasteiger partial charge in [-0.25, -0.2) is 14.8 Å². The van der Waals surface area contributed by atoms with Crippen LogP contribution >= 0.6 is 34.5 Å². The van der Waals surface area contributed by atoms with Gasteiger partial charge in [0.15, 0.2) is 5.13 Å². The molecule has 11 heteroatoms. The number of carbonyl (C=O) groups excluding carboxylic acids is 1. The first-order valence-electron chi connectivity index (χ1n) is 14.0. The fourth-order valence-electron chi connectivity index (χ4n) is 6.43. The van der Waals surface area contributed by atoms with Gasteiger partial charge >= 0.3 is 6.03 Å². The number of benzene rings is 2. The number of rotatable bonds is 5. The van der Waals surface area contributed by atoms with E-state index in [9.17, 15) is 4.79 Å². The third-order valence-corrected chi connectivity index (χ3v) is 9.58. The Morgan fingerprint density at radius 3 is 2.57 bits per heavy atom. The standard InChI is InChI=1S/C31H34Cl2N6O2S/c1-30(2,3)26(41-4)18-9-10-19(32)24-25(18)39(17-31(24)13-15-34-16-14-31)22-8-6-5-7-20(22)35-28(40)38-29-36-21-11-12-23(33)37-27(21)42-29/h5-12,26,34H,13-17H2,1-4H3,(H2,35,36,38,40). The van der Waals surface area contributed by atoms with Gasteiger partial charge in [0.25, 0.3) is 0 Å². The maximum Gasteiger partial charge on any atom is 0.325 e. The van der Waals surface area contributed by atoms with E-state index in [1.54, 1.807) is 19.2 Å². The van der Waals surface area contributed by atoms with Gasteiger partial charge in [-0.15, -0.1) is 0 Å². The fourth-order valence-corrected chi connectivity index (χ4v) is 7.81. The Kier molecular flexibility index (Phi) is 7.82. The molecule has 4 aromatic rings. The van der Waals surface area contributed by atoms with Gasteiger partial charge in [0.1, 0.15) is 15.5 Å². The Hall–Kier alpha value is -2.95. The van der Waals surface area contributed by atoms with E-state index in [0.29, 0.717) is 26.3 Å². The smallest absolute Gasteiger partial charge is 0.325 e. The molecule has 1 atom stereocenters. The number of hydrogen-bond acceptors (Lipinski definition) is 7. The summed E-state index contributed by atoms with van der Waals surface area (Å²) < 4.78 is 6.14. The lowest BCUT2D eigenvalue weighted by Gasteiger charge is -2.35. The predicted molar refractivity (Wildman–Crippen MR) is 173 cm³/mol. The highest BCUT2D eigenvalue weighted by molar-refractivity contribution is 7.22. The quantitative estimate of drug-likeness (QED) is 0.194. The minimum absolute atomic E-state index is 0.117. The molecule has 0 bridgehead atoms. The van der Waals surface area contributed by atoms with E-state index < -0.39 is 0 Å². The topological polar surface area (TPSA) is 91.4 Å². The summed E-state index contributed by atoms with van der Waals surface area (Å²) in [5.41, 5.74) is 5.34. The molecule has 1 saturated heterocycles. The molecule has 4 heterocycles. The first-order chi connectivity index (χ1) is 20.1. The number of nitrogens with one attached hydrogen (secondary N) is 3. The van der Waals surface area contributed by atoms with Crippen LogP contribution in [0, 0.1) is 5.41 Å². The van der Waals surface area contributed by atoms with E-state index in [-0.39, 0.29) is 23.0 Å². The van der Waals surface area contributed by atoms with Gasteiger partial charge in [-0.3, -0.25) is 5.32 Å². The van der Waals surface area contributed by atoms with E-state index in [1.165, 1.54) is 16.9 Å². The Morgan fingerprint density at radius 2 is 1.83 bits per heavy atom. The van der Waals surface area contributed by atoms with E-state index >= 15 is 0 Å². The summed E-state index contributed by atoms with van der Waals surface area (Å²) in [4.78, 5) is 25.0. The highest BCUT2D eigenvalue weighted by Crippen LogP contribution is 2.56. The van der Waals surface area contributed by atoms with Gasteiger partial charge in [-0.2, -0.15) is 0 Å². The molecular weight excluding hydrogens is 591 g/mol. The molecule has 2 aliphatic heterocycles. The van der Waals surface area contributed by atoms with Crippen molar-refractivity contribution < 1.29 is 9.53 Å². The fraction of sp³-hybridized carbons (Fsp3) is 0.387. The number of piperidine rings is 1. The van der Waals surface area contributed by atoms with Crippen LogP contribution in [0.4, 0.5) is 27.0 Å². The largest absolute Gasteiger partial charge is 0.376 e.